The van der Waals surface area contributed by atoms with E-state index in [0.29, 0.717) is 24.3 Å². The van der Waals surface area contributed by atoms with E-state index in [9.17, 15) is 10.1 Å². The zero-order valence-electron chi connectivity index (χ0n) is 17.4. The van der Waals surface area contributed by atoms with Gasteiger partial charge in [-0.15, -0.1) is 0 Å². The SMILES string of the molecule is CCCc1ccc(COCc2cc(C(=O)OC)cc(-c3cccc(C#N)c3)c2)cc1. The van der Waals surface area contributed by atoms with Crippen LogP contribution < -0.4 is 0 Å². The van der Waals surface area contributed by atoms with Crippen molar-refractivity contribution in [2.45, 2.75) is 33.0 Å². The van der Waals surface area contributed by atoms with Crippen molar-refractivity contribution in [2.24, 2.45) is 0 Å². The van der Waals surface area contributed by atoms with Crippen LogP contribution >= 0.6 is 0 Å². The van der Waals surface area contributed by atoms with Crippen molar-refractivity contribution in [3.05, 3.63) is 94.5 Å². The summed E-state index contributed by atoms with van der Waals surface area (Å²) in [6.07, 6.45) is 2.21. The maximum absolute atomic E-state index is 12.1. The van der Waals surface area contributed by atoms with E-state index in [-0.39, 0.29) is 0 Å². The quantitative estimate of drug-likeness (QED) is 0.457. The van der Waals surface area contributed by atoms with Gasteiger partial charge in [-0.05, 0) is 64.6 Å². The van der Waals surface area contributed by atoms with Crippen molar-refractivity contribution >= 4 is 5.97 Å². The normalized spacial score (nSPS) is 10.4. The van der Waals surface area contributed by atoms with Crippen LogP contribution in [0.5, 0.6) is 0 Å². The van der Waals surface area contributed by atoms with E-state index in [1.54, 1.807) is 24.3 Å². The number of hydrogen-bond acceptors (Lipinski definition) is 4. The number of esters is 1. The number of carbonyl (C=O) groups excluding carboxylic acids is 1. The van der Waals surface area contributed by atoms with Crippen molar-refractivity contribution < 1.29 is 14.3 Å². The second-order valence-electron chi connectivity index (χ2n) is 7.16. The lowest BCUT2D eigenvalue weighted by molar-refractivity contribution is 0.0600. The first kappa shape index (κ1) is 21.3. The van der Waals surface area contributed by atoms with Gasteiger partial charge in [0.15, 0.2) is 0 Å². The number of methoxy groups -OCH3 is 1. The molecule has 0 saturated carbocycles. The molecule has 3 rings (SSSR count). The number of benzene rings is 3. The van der Waals surface area contributed by atoms with Gasteiger partial charge in [0.1, 0.15) is 0 Å². The van der Waals surface area contributed by atoms with Crippen molar-refractivity contribution in [1.82, 2.24) is 0 Å². The molecule has 3 aromatic rings. The van der Waals surface area contributed by atoms with Gasteiger partial charge in [0.05, 0.1) is 37.5 Å². The van der Waals surface area contributed by atoms with Crippen molar-refractivity contribution in [3.63, 3.8) is 0 Å². The van der Waals surface area contributed by atoms with Crippen molar-refractivity contribution in [3.8, 4) is 17.2 Å². The zero-order valence-corrected chi connectivity index (χ0v) is 17.4. The van der Waals surface area contributed by atoms with Crippen molar-refractivity contribution in [1.29, 1.82) is 5.26 Å². The van der Waals surface area contributed by atoms with Gasteiger partial charge in [-0.25, -0.2) is 4.79 Å². The van der Waals surface area contributed by atoms with E-state index in [2.05, 4.69) is 37.3 Å². The molecule has 0 unspecified atom stereocenters. The highest BCUT2D eigenvalue weighted by Gasteiger charge is 2.11. The molecule has 0 bridgehead atoms. The highest BCUT2D eigenvalue weighted by Crippen LogP contribution is 2.24. The average Bonchev–Trinajstić information content (AvgIpc) is 2.79. The van der Waals surface area contributed by atoms with Gasteiger partial charge >= 0.3 is 5.97 Å². The van der Waals surface area contributed by atoms with Crippen LogP contribution in [0, 0.1) is 11.3 Å². The summed E-state index contributed by atoms with van der Waals surface area (Å²) in [5.41, 5.74) is 6.06. The maximum Gasteiger partial charge on any atom is 0.337 e. The highest BCUT2D eigenvalue weighted by molar-refractivity contribution is 5.91. The molecule has 0 spiro atoms. The number of hydrogen-bond donors (Lipinski definition) is 0. The molecular weight excluding hydrogens is 374 g/mol. The fraction of sp³-hybridized carbons (Fsp3) is 0.231. The molecule has 0 aromatic heterocycles. The first-order valence-corrected chi connectivity index (χ1v) is 10.0. The molecule has 0 saturated heterocycles. The van der Waals surface area contributed by atoms with E-state index in [1.165, 1.54) is 12.7 Å². The van der Waals surface area contributed by atoms with Crippen LogP contribution in [0.1, 0.15) is 46.0 Å². The summed E-state index contributed by atoms with van der Waals surface area (Å²) in [5.74, 6) is -0.402. The molecule has 0 heterocycles. The van der Waals surface area contributed by atoms with E-state index in [1.807, 2.05) is 18.2 Å². The molecule has 0 N–H and O–H groups in total. The Morgan fingerprint density at radius 3 is 2.33 bits per heavy atom. The largest absolute Gasteiger partial charge is 0.465 e. The molecule has 4 heteroatoms. The van der Waals surface area contributed by atoms with Gasteiger partial charge in [-0.2, -0.15) is 5.26 Å². The Morgan fingerprint density at radius 1 is 0.900 bits per heavy atom. The molecule has 152 valence electrons. The van der Waals surface area contributed by atoms with Gasteiger partial charge in [0.25, 0.3) is 0 Å². The number of nitrogens with zero attached hydrogens (tertiary/aromatic N) is 1. The predicted molar refractivity (Wildman–Crippen MR) is 117 cm³/mol. The third kappa shape index (κ3) is 5.56. The van der Waals surface area contributed by atoms with Crippen LogP contribution in [-0.2, 0) is 29.1 Å². The van der Waals surface area contributed by atoms with Gasteiger partial charge < -0.3 is 9.47 Å². The Morgan fingerprint density at radius 2 is 1.63 bits per heavy atom. The third-order valence-corrected chi connectivity index (χ3v) is 4.84. The molecule has 30 heavy (non-hydrogen) atoms. The standard InChI is InChI=1S/C26H25NO3/c1-3-5-19-8-10-20(11-9-19)17-30-18-22-13-24(15-25(14-22)26(28)29-2)23-7-4-6-21(12-23)16-27/h4,6-15H,3,5,17-18H2,1-2H3. The molecular formula is C26H25NO3. The van der Waals surface area contributed by atoms with Crippen LogP contribution in [0.25, 0.3) is 11.1 Å². The summed E-state index contributed by atoms with van der Waals surface area (Å²) in [4.78, 5) is 12.1. The average molecular weight is 399 g/mol. The number of rotatable bonds is 8. The summed E-state index contributed by atoms with van der Waals surface area (Å²) in [7, 11) is 1.36. The lowest BCUT2D eigenvalue weighted by Gasteiger charge is -2.11. The number of aryl methyl sites for hydroxylation is 1. The molecule has 0 aliphatic heterocycles. The maximum atomic E-state index is 12.1. The van der Waals surface area contributed by atoms with E-state index >= 15 is 0 Å². The molecule has 0 radical (unpaired) electrons. The summed E-state index contributed by atoms with van der Waals surface area (Å²) >= 11 is 0. The molecule has 3 aromatic carbocycles. The minimum atomic E-state index is -0.402. The van der Waals surface area contributed by atoms with Gasteiger partial charge in [-0.1, -0.05) is 49.7 Å². The first-order valence-electron chi connectivity index (χ1n) is 10.0. The zero-order chi connectivity index (χ0) is 21.3. The second kappa shape index (κ2) is 10.4. The molecule has 0 atom stereocenters. The summed E-state index contributed by atoms with van der Waals surface area (Å²) in [6.45, 7) is 3.03. The van der Waals surface area contributed by atoms with Crippen LogP contribution in [-0.4, -0.2) is 13.1 Å². The fourth-order valence-electron chi connectivity index (χ4n) is 3.32. The van der Waals surface area contributed by atoms with Crippen molar-refractivity contribution in [2.75, 3.05) is 7.11 Å². The molecule has 0 amide bonds. The monoisotopic (exact) mass is 399 g/mol. The van der Waals surface area contributed by atoms with Crippen LogP contribution in [0.2, 0.25) is 0 Å². The Bertz CT molecular complexity index is 1050. The Balaban J connectivity index is 1.77. The molecule has 4 nitrogen and oxygen atoms in total. The minimum Gasteiger partial charge on any atom is -0.465 e. The molecule has 0 aliphatic carbocycles. The summed E-state index contributed by atoms with van der Waals surface area (Å²) < 4.78 is 10.8. The second-order valence-corrected chi connectivity index (χ2v) is 7.16. The van der Waals surface area contributed by atoms with Gasteiger partial charge in [0, 0.05) is 0 Å². The van der Waals surface area contributed by atoms with E-state index in [0.717, 1.165) is 35.1 Å². The van der Waals surface area contributed by atoms with E-state index in [4.69, 9.17) is 9.47 Å². The number of ether oxygens (including phenoxy) is 2. The fourth-order valence-corrected chi connectivity index (χ4v) is 3.32. The van der Waals surface area contributed by atoms with E-state index < -0.39 is 5.97 Å². The molecule has 0 fully saturated rings. The minimum absolute atomic E-state index is 0.368. The Labute approximate surface area is 177 Å². The summed E-state index contributed by atoms with van der Waals surface area (Å²) in [6, 6.07) is 23.5. The highest BCUT2D eigenvalue weighted by atomic mass is 16.5. The number of carbonyl (C=O) groups is 1. The van der Waals surface area contributed by atoms with Crippen LogP contribution in [0.3, 0.4) is 0 Å². The topological polar surface area (TPSA) is 59.3 Å². The third-order valence-electron chi connectivity index (χ3n) is 4.84. The molecule has 0 aliphatic rings. The number of nitriles is 1. The lowest BCUT2D eigenvalue weighted by Crippen LogP contribution is -2.04. The predicted octanol–water partition coefficient (Wildman–Crippen LogP) is 5.68. The first-order chi connectivity index (χ1) is 14.6. The lowest BCUT2D eigenvalue weighted by atomic mass is 9.98. The van der Waals surface area contributed by atoms with Crippen LogP contribution in [0.15, 0.2) is 66.7 Å². The van der Waals surface area contributed by atoms with Gasteiger partial charge in [-0.3, -0.25) is 0 Å². The van der Waals surface area contributed by atoms with Crippen LogP contribution in [0.4, 0.5) is 0 Å². The Kier molecular flexibility index (Phi) is 7.37. The summed E-state index contributed by atoms with van der Waals surface area (Å²) in [5, 5.41) is 9.17. The van der Waals surface area contributed by atoms with Gasteiger partial charge in [0.2, 0.25) is 0 Å². The smallest absolute Gasteiger partial charge is 0.337 e. The Hall–Kier alpha value is -3.42.